The van der Waals surface area contributed by atoms with Crippen LogP contribution in [0.4, 0.5) is 0 Å². The van der Waals surface area contributed by atoms with Crippen molar-refractivity contribution in [3.8, 4) is 0 Å². The molecule has 0 aliphatic heterocycles. The van der Waals surface area contributed by atoms with Crippen molar-refractivity contribution < 1.29 is 0 Å². The summed E-state index contributed by atoms with van der Waals surface area (Å²) in [5.74, 6) is 2.17. The van der Waals surface area contributed by atoms with E-state index >= 15 is 0 Å². The van der Waals surface area contributed by atoms with E-state index in [2.05, 4.69) is 22.9 Å². The molecule has 4 rings (SSSR count). The highest BCUT2D eigenvalue weighted by Crippen LogP contribution is 2.65. The van der Waals surface area contributed by atoms with Crippen LogP contribution < -0.4 is 0 Å². The molecule has 74 valence electrons. The fraction of sp³-hybridized carbons (Fsp3) is 1.00. The maximum atomic E-state index is 3.76. The molecule has 0 heterocycles. The van der Waals surface area contributed by atoms with Gasteiger partial charge in [0.05, 0.1) is 0 Å². The van der Waals surface area contributed by atoms with E-state index in [0.717, 1.165) is 22.7 Å². The van der Waals surface area contributed by atoms with E-state index in [0.29, 0.717) is 0 Å². The Labute approximate surface area is 89.6 Å². The van der Waals surface area contributed by atoms with Gasteiger partial charge in [0.2, 0.25) is 0 Å². The van der Waals surface area contributed by atoms with Crippen LogP contribution in [0.15, 0.2) is 0 Å². The number of rotatable bonds is 1. The van der Waals surface area contributed by atoms with Crippen LogP contribution in [-0.2, 0) is 0 Å². The second kappa shape index (κ2) is 2.53. The van der Waals surface area contributed by atoms with E-state index in [-0.39, 0.29) is 0 Å². The average molecular weight is 243 g/mol. The number of hydrogen-bond donors (Lipinski definition) is 0. The molecule has 4 bridgehead atoms. The third-order valence-corrected chi connectivity index (χ3v) is 5.95. The molecule has 0 saturated heterocycles. The van der Waals surface area contributed by atoms with Gasteiger partial charge < -0.3 is 0 Å². The predicted molar refractivity (Wildman–Crippen MR) is 59.0 cm³/mol. The van der Waals surface area contributed by atoms with E-state index in [1.54, 1.807) is 6.42 Å². The van der Waals surface area contributed by atoms with Crippen LogP contribution in [0.2, 0.25) is 0 Å². The molecule has 0 nitrogen and oxygen atoms in total. The van der Waals surface area contributed by atoms with Crippen molar-refractivity contribution in [1.82, 2.24) is 0 Å². The van der Waals surface area contributed by atoms with Crippen molar-refractivity contribution in [3.05, 3.63) is 0 Å². The van der Waals surface area contributed by atoms with Crippen molar-refractivity contribution in [2.45, 2.75) is 45.4 Å². The molecule has 13 heavy (non-hydrogen) atoms. The van der Waals surface area contributed by atoms with Crippen LogP contribution in [0.5, 0.6) is 0 Å². The van der Waals surface area contributed by atoms with Crippen LogP contribution in [0.25, 0.3) is 0 Å². The summed E-state index contributed by atoms with van der Waals surface area (Å²) in [4.78, 5) is 0. The van der Waals surface area contributed by atoms with Crippen LogP contribution in [-0.4, -0.2) is 5.33 Å². The van der Waals surface area contributed by atoms with Crippen molar-refractivity contribution in [2.24, 2.45) is 22.7 Å². The van der Waals surface area contributed by atoms with Gasteiger partial charge in [-0.25, -0.2) is 0 Å². The molecule has 0 amide bonds. The van der Waals surface area contributed by atoms with E-state index in [4.69, 9.17) is 0 Å². The number of halogens is 1. The van der Waals surface area contributed by atoms with Crippen LogP contribution in [0.1, 0.15) is 45.4 Å². The molecule has 4 saturated carbocycles. The molecule has 0 radical (unpaired) electrons. The first-order valence-electron chi connectivity index (χ1n) is 5.69. The van der Waals surface area contributed by atoms with Gasteiger partial charge in [0.25, 0.3) is 0 Å². The van der Waals surface area contributed by atoms with Crippen molar-refractivity contribution in [2.75, 3.05) is 5.33 Å². The van der Waals surface area contributed by atoms with Crippen LogP contribution >= 0.6 is 15.9 Å². The summed E-state index contributed by atoms with van der Waals surface area (Å²) in [6.07, 6.45) is 9.22. The van der Waals surface area contributed by atoms with Gasteiger partial charge in [0, 0.05) is 5.33 Å². The second-order valence-electron chi connectivity index (χ2n) is 6.41. The second-order valence-corrected chi connectivity index (χ2v) is 6.97. The molecule has 1 heteroatoms. The quantitative estimate of drug-likeness (QED) is 0.611. The summed E-state index contributed by atoms with van der Waals surface area (Å²) in [5.41, 5.74) is 1.46. The normalized spacial score (nSPS) is 58.6. The largest absolute Gasteiger partial charge is 0.0922 e. The molecule has 2 atom stereocenters. The van der Waals surface area contributed by atoms with Crippen LogP contribution in [0, 0.1) is 22.7 Å². The molecule has 0 aromatic rings. The molecule has 0 spiro atoms. The minimum atomic E-state index is 0.721. The predicted octanol–water partition coefficient (Wildman–Crippen LogP) is 3.99. The molecular weight excluding hydrogens is 224 g/mol. The van der Waals surface area contributed by atoms with Crippen molar-refractivity contribution in [1.29, 1.82) is 0 Å². The summed E-state index contributed by atoms with van der Waals surface area (Å²) in [6.45, 7) is 2.54. The monoisotopic (exact) mass is 242 g/mol. The summed E-state index contributed by atoms with van der Waals surface area (Å²) < 4.78 is 0. The smallest absolute Gasteiger partial charge is 0.00883 e. The Balaban J connectivity index is 1.95. The standard InChI is InChI=1S/C12H19Br/c1-11-3-9-2-10(4-11)6-12(5-9,7-11)8-13/h9-10H,2-8H2,1H3. The first kappa shape index (κ1) is 8.76. The first-order valence-corrected chi connectivity index (χ1v) is 6.81. The molecule has 4 fully saturated rings. The number of alkyl halides is 1. The maximum absolute atomic E-state index is 3.76. The molecule has 0 aromatic carbocycles. The third-order valence-electron chi connectivity index (χ3n) is 4.76. The summed E-state index contributed by atoms with van der Waals surface area (Å²) in [7, 11) is 0. The van der Waals surface area contributed by atoms with E-state index in [1.807, 2.05) is 0 Å². The number of hydrogen-bond acceptors (Lipinski definition) is 0. The lowest BCUT2D eigenvalue weighted by atomic mass is 9.45. The molecule has 0 N–H and O–H groups in total. The zero-order valence-corrected chi connectivity index (χ0v) is 10.1. The third kappa shape index (κ3) is 1.22. The lowest BCUT2D eigenvalue weighted by Crippen LogP contribution is -2.51. The fourth-order valence-corrected chi connectivity index (χ4v) is 5.74. The lowest BCUT2D eigenvalue weighted by molar-refractivity contribution is -0.0889. The zero-order chi connectivity index (χ0) is 9.10. The Hall–Kier alpha value is 0.480. The summed E-state index contributed by atoms with van der Waals surface area (Å²) >= 11 is 3.76. The summed E-state index contributed by atoms with van der Waals surface area (Å²) in [6, 6.07) is 0. The molecule has 4 aliphatic rings. The molecular formula is C12H19Br. The first-order chi connectivity index (χ1) is 6.13. The van der Waals surface area contributed by atoms with Gasteiger partial charge in [-0.15, -0.1) is 0 Å². The van der Waals surface area contributed by atoms with E-state index in [1.165, 1.54) is 37.4 Å². The SMILES string of the molecule is CC12CC3CC(C1)CC(CBr)(C3)C2. The van der Waals surface area contributed by atoms with Gasteiger partial charge in [-0.3, -0.25) is 0 Å². The molecule has 2 unspecified atom stereocenters. The Bertz CT molecular complexity index is 219. The van der Waals surface area contributed by atoms with Gasteiger partial charge >= 0.3 is 0 Å². The Morgan fingerprint density at radius 3 is 2.23 bits per heavy atom. The molecule has 0 aromatic heterocycles. The van der Waals surface area contributed by atoms with E-state index < -0.39 is 0 Å². The van der Waals surface area contributed by atoms with Gasteiger partial charge in [-0.2, -0.15) is 0 Å². The fourth-order valence-electron chi connectivity index (χ4n) is 5.08. The topological polar surface area (TPSA) is 0 Å². The Morgan fingerprint density at radius 2 is 1.77 bits per heavy atom. The van der Waals surface area contributed by atoms with Gasteiger partial charge in [0.1, 0.15) is 0 Å². The Kier molecular flexibility index (Phi) is 1.71. The van der Waals surface area contributed by atoms with Crippen LogP contribution in [0.3, 0.4) is 0 Å². The zero-order valence-electron chi connectivity index (χ0n) is 8.48. The minimum absolute atomic E-state index is 0.721. The lowest BCUT2D eigenvalue weighted by Gasteiger charge is -2.61. The van der Waals surface area contributed by atoms with Gasteiger partial charge in [-0.1, -0.05) is 22.9 Å². The van der Waals surface area contributed by atoms with E-state index in [9.17, 15) is 0 Å². The van der Waals surface area contributed by atoms with Crippen molar-refractivity contribution >= 4 is 15.9 Å². The van der Waals surface area contributed by atoms with Crippen molar-refractivity contribution in [3.63, 3.8) is 0 Å². The average Bonchev–Trinajstić information content (AvgIpc) is 1.99. The van der Waals surface area contributed by atoms with Gasteiger partial charge in [-0.05, 0) is 61.2 Å². The highest BCUT2D eigenvalue weighted by atomic mass is 79.9. The molecule has 4 aliphatic carbocycles. The Morgan fingerprint density at radius 1 is 1.15 bits per heavy atom. The maximum Gasteiger partial charge on any atom is 0.00883 e. The highest BCUT2D eigenvalue weighted by molar-refractivity contribution is 9.09. The highest BCUT2D eigenvalue weighted by Gasteiger charge is 2.54. The van der Waals surface area contributed by atoms with Gasteiger partial charge in [0.15, 0.2) is 0 Å². The summed E-state index contributed by atoms with van der Waals surface area (Å²) in [5, 5.41) is 1.27. The minimum Gasteiger partial charge on any atom is -0.0922 e.